The van der Waals surface area contributed by atoms with Crippen molar-refractivity contribution in [1.82, 2.24) is 10.2 Å². The van der Waals surface area contributed by atoms with Crippen molar-refractivity contribution >= 4 is 27.5 Å². The molecule has 0 saturated carbocycles. The number of sulfonamides is 1. The molecule has 34 heavy (non-hydrogen) atoms. The van der Waals surface area contributed by atoms with E-state index in [0.29, 0.717) is 17.7 Å². The van der Waals surface area contributed by atoms with Gasteiger partial charge < -0.3 is 15.0 Å². The van der Waals surface area contributed by atoms with Crippen LogP contribution in [-0.4, -0.2) is 57.1 Å². The SMILES string of the molecule is CC[C@H](C)NC(=O)[C@@H](C)N(Cc1cccc(OC)c1)C(=O)CN(c1cccc(F)c1)S(C)(=O)=O. The van der Waals surface area contributed by atoms with E-state index >= 15 is 0 Å². The van der Waals surface area contributed by atoms with Gasteiger partial charge in [-0.05, 0) is 56.2 Å². The molecule has 2 amide bonds. The average molecular weight is 494 g/mol. The van der Waals surface area contributed by atoms with Gasteiger partial charge in [0, 0.05) is 12.6 Å². The molecule has 0 heterocycles. The van der Waals surface area contributed by atoms with Gasteiger partial charge in [-0.1, -0.05) is 25.1 Å². The van der Waals surface area contributed by atoms with Crippen LogP contribution in [0.2, 0.25) is 0 Å². The first kappa shape index (κ1) is 27.1. The Balaban J connectivity index is 2.40. The van der Waals surface area contributed by atoms with Crippen molar-refractivity contribution in [3.63, 3.8) is 0 Å². The molecule has 0 aliphatic carbocycles. The summed E-state index contributed by atoms with van der Waals surface area (Å²) in [5, 5.41) is 2.86. The minimum atomic E-state index is -3.92. The molecule has 2 atom stereocenters. The molecule has 186 valence electrons. The number of benzene rings is 2. The number of carbonyl (C=O) groups excluding carboxylic acids is 2. The summed E-state index contributed by atoms with van der Waals surface area (Å²) in [6.45, 7) is 4.83. The van der Waals surface area contributed by atoms with Gasteiger partial charge in [0.25, 0.3) is 0 Å². The Bertz CT molecular complexity index is 1110. The standard InChI is InChI=1S/C24H32FN3O5S/c1-6-17(2)26-24(30)18(3)27(15-19-9-7-12-22(13-19)33-4)23(29)16-28(34(5,31)32)21-11-8-10-20(25)14-21/h7-14,17-18H,6,15-16H2,1-5H3,(H,26,30)/t17-,18+/m0/s1. The van der Waals surface area contributed by atoms with E-state index in [1.54, 1.807) is 31.2 Å². The summed E-state index contributed by atoms with van der Waals surface area (Å²) >= 11 is 0. The molecule has 0 aromatic heterocycles. The molecule has 0 aliphatic heterocycles. The Morgan fingerprint density at radius 2 is 1.79 bits per heavy atom. The first-order valence-corrected chi connectivity index (χ1v) is 12.8. The second-order valence-electron chi connectivity index (χ2n) is 8.12. The molecule has 0 fully saturated rings. The Morgan fingerprint density at radius 3 is 2.38 bits per heavy atom. The Labute approximate surface area is 200 Å². The molecule has 2 aromatic rings. The van der Waals surface area contributed by atoms with Gasteiger partial charge in [-0.2, -0.15) is 0 Å². The van der Waals surface area contributed by atoms with Crippen LogP contribution in [-0.2, 0) is 26.2 Å². The second-order valence-corrected chi connectivity index (χ2v) is 10.0. The predicted octanol–water partition coefficient (Wildman–Crippen LogP) is 2.93. The van der Waals surface area contributed by atoms with Crippen molar-refractivity contribution < 1.29 is 27.1 Å². The molecule has 0 spiro atoms. The lowest BCUT2D eigenvalue weighted by molar-refractivity contribution is -0.139. The van der Waals surface area contributed by atoms with Crippen molar-refractivity contribution in [2.45, 2.75) is 45.8 Å². The summed E-state index contributed by atoms with van der Waals surface area (Å²) in [7, 11) is -2.40. The lowest BCUT2D eigenvalue weighted by Gasteiger charge is -2.32. The van der Waals surface area contributed by atoms with Gasteiger partial charge in [0.15, 0.2) is 0 Å². The highest BCUT2D eigenvalue weighted by atomic mass is 32.2. The molecular formula is C24H32FN3O5S. The third kappa shape index (κ3) is 7.44. The fourth-order valence-electron chi connectivity index (χ4n) is 3.26. The number of anilines is 1. The van der Waals surface area contributed by atoms with Crippen LogP contribution < -0.4 is 14.4 Å². The Hall–Kier alpha value is -3.14. The summed E-state index contributed by atoms with van der Waals surface area (Å²) in [6.07, 6.45) is 1.65. The predicted molar refractivity (Wildman–Crippen MR) is 129 cm³/mol. The first-order chi connectivity index (χ1) is 16.0. The van der Waals surface area contributed by atoms with Crippen molar-refractivity contribution in [2.24, 2.45) is 0 Å². The number of carbonyl (C=O) groups is 2. The first-order valence-electron chi connectivity index (χ1n) is 10.9. The number of nitrogens with zero attached hydrogens (tertiary/aromatic N) is 2. The maximum Gasteiger partial charge on any atom is 0.244 e. The number of hydrogen-bond donors (Lipinski definition) is 1. The minimum Gasteiger partial charge on any atom is -0.497 e. The maximum atomic E-state index is 13.8. The molecule has 2 aromatic carbocycles. The van der Waals surface area contributed by atoms with Crippen LogP contribution in [0.5, 0.6) is 5.75 Å². The van der Waals surface area contributed by atoms with Gasteiger partial charge in [-0.25, -0.2) is 12.8 Å². The quantitative estimate of drug-likeness (QED) is 0.519. The van der Waals surface area contributed by atoms with E-state index < -0.39 is 34.3 Å². The largest absolute Gasteiger partial charge is 0.497 e. The van der Waals surface area contributed by atoms with Crippen LogP contribution in [0.4, 0.5) is 10.1 Å². The van der Waals surface area contributed by atoms with Crippen molar-refractivity contribution in [2.75, 3.05) is 24.2 Å². The van der Waals surface area contributed by atoms with Crippen molar-refractivity contribution in [3.05, 3.63) is 59.9 Å². The fraction of sp³-hybridized carbons (Fsp3) is 0.417. The zero-order valence-corrected chi connectivity index (χ0v) is 20.9. The molecule has 0 bridgehead atoms. The summed E-state index contributed by atoms with van der Waals surface area (Å²) < 4.78 is 44.8. The van der Waals surface area contributed by atoms with E-state index in [9.17, 15) is 22.4 Å². The van der Waals surface area contributed by atoms with E-state index in [0.717, 1.165) is 16.6 Å². The molecule has 8 nitrogen and oxygen atoms in total. The van der Waals surface area contributed by atoms with Gasteiger partial charge in [0.2, 0.25) is 21.8 Å². The topological polar surface area (TPSA) is 96.0 Å². The van der Waals surface area contributed by atoms with E-state index in [1.807, 2.05) is 13.8 Å². The van der Waals surface area contributed by atoms with Crippen LogP contribution in [0.25, 0.3) is 0 Å². The highest BCUT2D eigenvalue weighted by Gasteiger charge is 2.30. The smallest absolute Gasteiger partial charge is 0.244 e. The van der Waals surface area contributed by atoms with Crippen molar-refractivity contribution in [1.29, 1.82) is 0 Å². The van der Waals surface area contributed by atoms with Gasteiger partial charge in [-0.15, -0.1) is 0 Å². The third-order valence-electron chi connectivity index (χ3n) is 5.43. The monoisotopic (exact) mass is 493 g/mol. The molecule has 0 radical (unpaired) electrons. The molecular weight excluding hydrogens is 461 g/mol. The van der Waals surface area contributed by atoms with Crippen LogP contribution >= 0.6 is 0 Å². The van der Waals surface area contributed by atoms with E-state index in [4.69, 9.17) is 4.74 Å². The van der Waals surface area contributed by atoms with Crippen LogP contribution in [0.1, 0.15) is 32.8 Å². The highest BCUT2D eigenvalue weighted by Crippen LogP contribution is 2.21. The number of ether oxygens (including phenoxy) is 1. The number of methoxy groups -OCH3 is 1. The Kier molecular flexibility index (Phi) is 9.43. The lowest BCUT2D eigenvalue weighted by atomic mass is 10.1. The van der Waals surface area contributed by atoms with Gasteiger partial charge in [-0.3, -0.25) is 13.9 Å². The van der Waals surface area contributed by atoms with Crippen LogP contribution in [0.15, 0.2) is 48.5 Å². The van der Waals surface area contributed by atoms with Crippen LogP contribution in [0, 0.1) is 5.82 Å². The minimum absolute atomic E-state index is 0.0221. The van der Waals surface area contributed by atoms with E-state index in [1.165, 1.54) is 30.2 Å². The van der Waals surface area contributed by atoms with E-state index in [-0.39, 0.29) is 24.2 Å². The normalized spacial score (nSPS) is 13.0. The van der Waals surface area contributed by atoms with Gasteiger partial charge >= 0.3 is 0 Å². The van der Waals surface area contributed by atoms with Gasteiger partial charge in [0.05, 0.1) is 19.1 Å². The molecule has 0 unspecified atom stereocenters. The van der Waals surface area contributed by atoms with Crippen molar-refractivity contribution in [3.8, 4) is 5.75 Å². The molecule has 2 rings (SSSR count). The number of hydrogen-bond acceptors (Lipinski definition) is 5. The van der Waals surface area contributed by atoms with E-state index in [2.05, 4.69) is 5.32 Å². The van der Waals surface area contributed by atoms with Gasteiger partial charge in [0.1, 0.15) is 24.2 Å². The summed E-state index contributed by atoms with van der Waals surface area (Å²) in [5.41, 5.74) is 0.724. The molecule has 0 aliphatic rings. The number of rotatable bonds is 11. The number of halogens is 1. The summed E-state index contributed by atoms with van der Waals surface area (Å²) in [5.74, 6) is -1.01. The fourth-order valence-corrected chi connectivity index (χ4v) is 4.10. The molecule has 1 N–H and O–H groups in total. The molecule has 10 heteroatoms. The second kappa shape index (κ2) is 11.8. The maximum absolute atomic E-state index is 13.8. The highest BCUT2D eigenvalue weighted by molar-refractivity contribution is 7.92. The lowest BCUT2D eigenvalue weighted by Crippen LogP contribution is -2.52. The summed E-state index contributed by atoms with van der Waals surface area (Å²) in [4.78, 5) is 27.6. The Morgan fingerprint density at radius 1 is 1.12 bits per heavy atom. The third-order valence-corrected chi connectivity index (χ3v) is 6.57. The molecule has 0 saturated heterocycles. The average Bonchev–Trinajstić information content (AvgIpc) is 2.79. The summed E-state index contributed by atoms with van der Waals surface area (Å²) in [6, 6.07) is 11.0. The zero-order valence-electron chi connectivity index (χ0n) is 20.1. The number of nitrogens with one attached hydrogen (secondary N) is 1. The zero-order chi connectivity index (χ0) is 25.5. The van der Waals surface area contributed by atoms with Crippen LogP contribution in [0.3, 0.4) is 0 Å². The number of amides is 2.